The van der Waals surface area contributed by atoms with Crippen LogP contribution in [-0.4, -0.2) is 23.7 Å². The predicted octanol–water partition coefficient (Wildman–Crippen LogP) is 4.38. The summed E-state index contributed by atoms with van der Waals surface area (Å²) in [5.41, 5.74) is 10.2. The Kier molecular flexibility index (Phi) is 6.92. The highest BCUT2D eigenvalue weighted by Gasteiger charge is 2.44. The van der Waals surface area contributed by atoms with Crippen LogP contribution in [0.4, 0.5) is 5.69 Å². The summed E-state index contributed by atoms with van der Waals surface area (Å²) in [6, 6.07) is 16.2. The highest BCUT2D eigenvalue weighted by molar-refractivity contribution is 6.14. The molecule has 0 radical (unpaired) electrons. The number of benzene rings is 2. The summed E-state index contributed by atoms with van der Waals surface area (Å²) in [5.74, 6) is 0.0218. The lowest BCUT2D eigenvalue weighted by atomic mass is 9.70. The minimum absolute atomic E-state index is 0.222. The molecule has 1 saturated carbocycles. The van der Waals surface area contributed by atoms with Crippen LogP contribution in [0.2, 0.25) is 0 Å². The van der Waals surface area contributed by atoms with Crippen LogP contribution in [0.25, 0.3) is 0 Å². The van der Waals surface area contributed by atoms with Crippen LogP contribution in [0.1, 0.15) is 54.9 Å². The predicted molar refractivity (Wildman–Crippen MR) is 131 cm³/mol. The summed E-state index contributed by atoms with van der Waals surface area (Å²) in [7, 11) is 0. The van der Waals surface area contributed by atoms with E-state index in [4.69, 9.17) is 10.7 Å². The maximum Gasteiger partial charge on any atom is 0.251 e. The van der Waals surface area contributed by atoms with Gasteiger partial charge in [-0.1, -0.05) is 55.2 Å². The summed E-state index contributed by atoms with van der Waals surface area (Å²) in [4.78, 5) is 31.2. The van der Waals surface area contributed by atoms with Gasteiger partial charge in [0.25, 0.3) is 5.91 Å². The van der Waals surface area contributed by atoms with E-state index in [1.807, 2.05) is 62.4 Å². The summed E-state index contributed by atoms with van der Waals surface area (Å²) in [6.07, 6.45) is 5.43. The molecule has 0 aromatic heterocycles. The van der Waals surface area contributed by atoms with Crippen molar-refractivity contribution in [1.82, 2.24) is 10.6 Å². The number of aliphatic imine (C=N–C) groups is 1. The van der Waals surface area contributed by atoms with E-state index in [0.29, 0.717) is 17.1 Å². The second-order valence-electron chi connectivity index (χ2n) is 9.13. The number of nitrogens with one attached hydrogen (secondary N) is 2. The number of nitrogens with zero attached hydrogens (tertiary/aromatic N) is 1. The number of allylic oxidation sites excluding steroid dienone is 1. The largest absolute Gasteiger partial charge is 0.402 e. The number of hydrogen-bond acceptors (Lipinski definition) is 4. The Morgan fingerprint density at radius 1 is 1.06 bits per heavy atom. The van der Waals surface area contributed by atoms with Crippen LogP contribution < -0.4 is 16.4 Å². The number of carbonyl (C=O) groups is 2. The molecule has 172 valence electrons. The van der Waals surface area contributed by atoms with Crippen molar-refractivity contribution in [3.05, 3.63) is 77.0 Å². The van der Waals surface area contributed by atoms with Gasteiger partial charge in [-0.05, 0) is 56.9 Å². The first-order valence-corrected chi connectivity index (χ1v) is 11.7. The fourth-order valence-corrected chi connectivity index (χ4v) is 5.09. The van der Waals surface area contributed by atoms with E-state index in [9.17, 15) is 9.59 Å². The SMILES string of the molecule is C/C(N)=C1/C(=Nc2ccccc2)NC(=O)[C@@H](NC(=O)c2cccc(C)c2)[C@H]1C1CCCCC1. The number of aryl methyl sites for hydroxylation is 1. The molecular weight excluding hydrogens is 412 g/mol. The van der Waals surface area contributed by atoms with Crippen molar-refractivity contribution in [2.75, 3.05) is 0 Å². The Balaban J connectivity index is 1.73. The van der Waals surface area contributed by atoms with Gasteiger partial charge in [0.2, 0.25) is 5.91 Å². The quantitative estimate of drug-likeness (QED) is 0.653. The van der Waals surface area contributed by atoms with Gasteiger partial charge in [0.1, 0.15) is 11.9 Å². The molecule has 4 rings (SSSR count). The smallest absolute Gasteiger partial charge is 0.251 e. The lowest BCUT2D eigenvalue weighted by molar-refractivity contribution is -0.123. The van der Waals surface area contributed by atoms with E-state index in [0.717, 1.165) is 42.5 Å². The molecule has 1 aliphatic heterocycles. The van der Waals surface area contributed by atoms with Crippen LogP contribution in [0.15, 0.2) is 70.9 Å². The second-order valence-corrected chi connectivity index (χ2v) is 9.13. The van der Waals surface area contributed by atoms with Gasteiger partial charge in [-0.2, -0.15) is 0 Å². The van der Waals surface area contributed by atoms with Gasteiger partial charge in [-0.15, -0.1) is 0 Å². The second kappa shape index (κ2) is 10.0. The molecular formula is C27H32N4O2. The first-order valence-electron chi connectivity index (χ1n) is 11.7. The lowest BCUT2D eigenvalue weighted by Crippen LogP contribution is -2.60. The van der Waals surface area contributed by atoms with E-state index < -0.39 is 6.04 Å². The molecule has 1 saturated heterocycles. The van der Waals surface area contributed by atoms with Crippen LogP contribution in [0, 0.1) is 18.8 Å². The molecule has 33 heavy (non-hydrogen) atoms. The third-order valence-electron chi connectivity index (χ3n) is 6.62. The van der Waals surface area contributed by atoms with E-state index in [2.05, 4.69) is 10.6 Å². The van der Waals surface area contributed by atoms with Crippen molar-refractivity contribution >= 4 is 23.3 Å². The molecule has 0 bridgehead atoms. The molecule has 2 aromatic carbocycles. The highest BCUT2D eigenvalue weighted by Crippen LogP contribution is 2.39. The monoisotopic (exact) mass is 444 g/mol. The van der Waals surface area contributed by atoms with Gasteiger partial charge in [0.05, 0.1) is 5.69 Å². The third kappa shape index (κ3) is 5.16. The van der Waals surface area contributed by atoms with Gasteiger partial charge in [0.15, 0.2) is 0 Å². The summed E-state index contributed by atoms with van der Waals surface area (Å²) in [6.45, 7) is 3.79. The van der Waals surface area contributed by atoms with Crippen molar-refractivity contribution in [3.8, 4) is 0 Å². The Morgan fingerprint density at radius 3 is 2.45 bits per heavy atom. The number of rotatable bonds is 4. The molecule has 0 spiro atoms. The van der Waals surface area contributed by atoms with Gasteiger partial charge in [0, 0.05) is 22.8 Å². The standard InChI is InChI=1S/C27H32N4O2/c1-17-10-9-13-20(16-17)26(32)30-24-23(19-11-5-3-6-12-19)22(18(2)28)25(31-27(24)33)29-21-14-7-4-8-15-21/h4,7-10,13-16,19,23-24H,3,5-6,11-12,28H2,1-2H3,(H,30,32)(H,29,31,33)/b22-18-/t23-,24-/m0/s1. The van der Waals surface area contributed by atoms with E-state index in [-0.39, 0.29) is 23.7 Å². The fraction of sp³-hybridized carbons (Fsp3) is 0.370. The molecule has 2 aliphatic rings. The summed E-state index contributed by atoms with van der Waals surface area (Å²) >= 11 is 0. The maximum atomic E-state index is 13.4. The number of nitrogens with two attached hydrogens (primary N) is 1. The van der Waals surface area contributed by atoms with Crippen LogP contribution in [-0.2, 0) is 4.79 Å². The topological polar surface area (TPSA) is 96.6 Å². The van der Waals surface area contributed by atoms with Gasteiger partial charge in [-0.3, -0.25) is 9.59 Å². The average Bonchev–Trinajstić information content (AvgIpc) is 2.81. The molecule has 4 N–H and O–H groups in total. The average molecular weight is 445 g/mol. The minimum Gasteiger partial charge on any atom is -0.402 e. The minimum atomic E-state index is -0.704. The van der Waals surface area contributed by atoms with Crippen LogP contribution in [0.5, 0.6) is 0 Å². The summed E-state index contributed by atoms with van der Waals surface area (Å²) in [5, 5.41) is 5.98. The molecule has 0 unspecified atom stereocenters. The molecule has 1 heterocycles. The molecule has 1 aliphatic carbocycles. The number of carbonyl (C=O) groups excluding carboxylic acids is 2. The van der Waals surface area contributed by atoms with Crippen LogP contribution in [0.3, 0.4) is 0 Å². The van der Waals surface area contributed by atoms with E-state index in [1.165, 1.54) is 6.42 Å². The number of amidine groups is 1. The normalized spacial score (nSPS) is 24.3. The molecule has 6 heteroatoms. The first-order chi connectivity index (χ1) is 15.9. The van der Waals surface area contributed by atoms with Gasteiger partial charge < -0.3 is 16.4 Å². The molecule has 2 fully saturated rings. The lowest BCUT2D eigenvalue weighted by Gasteiger charge is -2.41. The zero-order chi connectivity index (χ0) is 23.4. The molecule has 2 amide bonds. The number of amides is 2. The Bertz CT molecular complexity index is 1080. The van der Waals surface area contributed by atoms with Crippen molar-refractivity contribution < 1.29 is 9.59 Å². The third-order valence-corrected chi connectivity index (χ3v) is 6.62. The first kappa shape index (κ1) is 22.8. The Morgan fingerprint density at radius 2 is 1.79 bits per heavy atom. The zero-order valence-electron chi connectivity index (χ0n) is 19.3. The van der Waals surface area contributed by atoms with Gasteiger partial charge in [-0.25, -0.2) is 4.99 Å². The van der Waals surface area contributed by atoms with Crippen LogP contribution >= 0.6 is 0 Å². The van der Waals surface area contributed by atoms with Crippen molar-refractivity contribution in [2.24, 2.45) is 22.6 Å². The van der Waals surface area contributed by atoms with Crippen molar-refractivity contribution in [2.45, 2.75) is 52.0 Å². The van der Waals surface area contributed by atoms with E-state index in [1.54, 1.807) is 6.07 Å². The number of para-hydroxylation sites is 1. The number of piperidine rings is 1. The van der Waals surface area contributed by atoms with Crippen molar-refractivity contribution in [1.29, 1.82) is 0 Å². The Labute approximate surface area is 195 Å². The Hall–Kier alpha value is -3.41. The molecule has 2 atom stereocenters. The highest BCUT2D eigenvalue weighted by atomic mass is 16.2. The summed E-state index contributed by atoms with van der Waals surface area (Å²) < 4.78 is 0. The number of hydrogen-bond donors (Lipinski definition) is 3. The van der Waals surface area contributed by atoms with E-state index >= 15 is 0 Å². The van der Waals surface area contributed by atoms with Gasteiger partial charge >= 0.3 is 0 Å². The molecule has 2 aromatic rings. The zero-order valence-corrected chi connectivity index (χ0v) is 19.3. The maximum absolute atomic E-state index is 13.4. The molecule has 6 nitrogen and oxygen atoms in total. The fourth-order valence-electron chi connectivity index (χ4n) is 5.09. The van der Waals surface area contributed by atoms with Crippen molar-refractivity contribution in [3.63, 3.8) is 0 Å².